The Morgan fingerprint density at radius 3 is 2.81 bits per heavy atom. The summed E-state index contributed by atoms with van der Waals surface area (Å²) in [6, 6.07) is 13.5. The van der Waals surface area contributed by atoms with Gasteiger partial charge in [-0.05, 0) is 55.6 Å². The Balaban J connectivity index is 1.38. The van der Waals surface area contributed by atoms with E-state index in [9.17, 15) is 4.79 Å². The summed E-state index contributed by atoms with van der Waals surface area (Å²) < 4.78 is 1.82. The normalized spacial score (nSPS) is 27.6. The number of benzene rings is 1. The maximum Gasteiger partial charge on any atom is 0.223 e. The van der Waals surface area contributed by atoms with Crippen molar-refractivity contribution in [1.82, 2.24) is 24.7 Å². The molecule has 4 atom stereocenters. The second kappa shape index (κ2) is 7.87. The van der Waals surface area contributed by atoms with Crippen LogP contribution in [-0.2, 0) is 17.6 Å². The Bertz CT molecular complexity index is 1130. The summed E-state index contributed by atoms with van der Waals surface area (Å²) in [7, 11) is 0. The minimum atomic E-state index is 0.260. The summed E-state index contributed by atoms with van der Waals surface area (Å²) in [5.74, 6) is 1.32. The van der Waals surface area contributed by atoms with Crippen LogP contribution >= 0.6 is 0 Å². The predicted octanol–water partition coefficient (Wildman–Crippen LogP) is 3.14. The molecule has 3 aromatic rings. The molecule has 3 aliphatic heterocycles. The van der Waals surface area contributed by atoms with Crippen molar-refractivity contribution < 1.29 is 4.79 Å². The van der Waals surface area contributed by atoms with Crippen molar-refractivity contribution >= 4 is 17.2 Å². The molecule has 0 spiro atoms. The van der Waals surface area contributed by atoms with Gasteiger partial charge in [0.1, 0.15) is 6.33 Å². The highest BCUT2D eigenvalue weighted by Gasteiger charge is 2.49. The summed E-state index contributed by atoms with van der Waals surface area (Å²) in [5.41, 5.74) is 4.34. The smallest absolute Gasteiger partial charge is 0.223 e. The molecule has 3 saturated heterocycles. The van der Waals surface area contributed by atoms with Crippen LogP contribution in [0.25, 0.3) is 5.65 Å². The summed E-state index contributed by atoms with van der Waals surface area (Å²) in [5, 5.41) is 13.1. The van der Waals surface area contributed by atoms with Gasteiger partial charge in [-0.1, -0.05) is 37.3 Å². The number of carbonyl (C=O) groups is 1. The van der Waals surface area contributed by atoms with Gasteiger partial charge in [0, 0.05) is 31.6 Å². The average Bonchev–Trinajstić information content (AvgIpc) is 3.30. The van der Waals surface area contributed by atoms with E-state index in [1.165, 1.54) is 12.0 Å². The molecule has 0 saturated carbocycles. The number of aryl methyl sites for hydroxylation is 1. The number of rotatable bonds is 4. The van der Waals surface area contributed by atoms with Gasteiger partial charge in [0.2, 0.25) is 11.6 Å². The summed E-state index contributed by atoms with van der Waals surface area (Å²) >= 11 is 0. The van der Waals surface area contributed by atoms with E-state index in [1.54, 1.807) is 6.33 Å². The van der Waals surface area contributed by atoms with Gasteiger partial charge in [-0.3, -0.25) is 4.79 Å². The number of carbonyl (C=O) groups excluding carboxylic acids is 1. The molecular weight excluding hydrogens is 400 g/mol. The minimum absolute atomic E-state index is 0.260. The van der Waals surface area contributed by atoms with Gasteiger partial charge < -0.3 is 9.80 Å². The first-order valence-corrected chi connectivity index (χ1v) is 12.0. The van der Waals surface area contributed by atoms with Crippen molar-refractivity contribution in [1.29, 1.82) is 0 Å². The van der Waals surface area contributed by atoms with Gasteiger partial charge in [-0.2, -0.15) is 9.61 Å². The summed E-state index contributed by atoms with van der Waals surface area (Å²) in [4.78, 5) is 17.9. The zero-order chi connectivity index (χ0) is 21.7. The van der Waals surface area contributed by atoms with E-state index in [4.69, 9.17) is 0 Å². The highest BCUT2D eigenvalue weighted by Crippen LogP contribution is 2.44. The Labute approximate surface area is 188 Å². The lowest BCUT2D eigenvalue weighted by molar-refractivity contribution is -0.148. The van der Waals surface area contributed by atoms with Crippen LogP contribution in [0.3, 0.4) is 0 Å². The highest BCUT2D eigenvalue weighted by atomic mass is 16.2. The van der Waals surface area contributed by atoms with Crippen molar-refractivity contribution in [2.75, 3.05) is 18.0 Å². The maximum atomic E-state index is 13.1. The minimum Gasteiger partial charge on any atom is -0.368 e. The van der Waals surface area contributed by atoms with Crippen LogP contribution in [0.5, 0.6) is 0 Å². The Morgan fingerprint density at radius 2 is 1.97 bits per heavy atom. The van der Waals surface area contributed by atoms with Crippen molar-refractivity contribution in [3.63, 3.8) is 0 Å². The lowest BCUT2D eigenvalue weighted by Crippen LogP contribution is -2.65. The van der Waals surface area contributed by atoms with Crippen LogP contribution in [0.15, 0.2) is 42.7 Å². The van der Waals surface area contributed by atoms with E-state index in [2.05, 4.69) is 68.4 Å². The van der Waals surface area contributed by atoms with Crippen molar-refractivity contribution in [2.24, 2.45) is 11.8 Å². The van der Waals surface area contributed by atoms with Crippen LogP contribution in [0.4, 0.5) is 5.69 Å². The van der Waals surface area contributed by atoms with Crippen LogP contribution in [0.2, 0.25) is 0 Å². The first-order valence-electron chi connectivity index (χ1n) is 12.0. The summed E-state index contributed by atoms with van der Waals surface area (Å²) in [6.45, 7) is 4.05. The highest BCUT2D eigenvalue weighted by molar-refractivity contribution is 5.78. The number of piperidine rings is 3. The topological polar surface area (TPSA) is 66.6 Å². The molecule has 1 aromatic carbocycles. The molecule has 0 radical (unpaired) electrons. The lowest BCUT2D eigenvalue weighted by Gasteiger charge is -2.57. The Kier molecular flexibility index (Phi) is 4.85. The number of aromatic nitrogens is 4. The third-order valence-electron chi connectivity index (χ3n) is 7.79. The van der Waals surface area contributed by atoms with E-state index < -0.39 is 0 Å². The number of anilines is 1. The Hall–Kier alpha value is -2.96. The monoisotopic (exact) mass is 430 g/mol. The molecular formula is C25H30N6O. The largest absolute Gasteiger partial charge is 0.368 e. The fourth-order valence-electron chi connectivity index (χ4n) is 6.36. The first kappa shape index (κ1) is 19.7. The maximum absolute atomic E-state index is 13.1. The van der Waals surface area contributed by atoms with Crippen LogP contribution in [0.1, 0.15) is 43.9 Å². The van der Waals surface area contributed by atoms with Gasteiger partial charge in [0.25, 0.3) is 0 Å². The van der Waals surface area contributed by atoms with E-state index in [0.717, 1.165) is 55.8 Å². The average molecular weight is 431 g/mol. The molecule has 166 valence electrons. The quantitative estimate of drug-likeness (QED) is 0.636. The predicted molar refractivity (Wildman–Crippen MR) is 122 cm³/mol. The molecule has 3 aliphatic rings. The van der Waals surface area contributed by atoms with Crippen molar-refractivity contribution in [3.05, 3.63) is 54.0 Å². The first-order chi connectivity index (χ1) is 15.7. The molecule has 0 aliphatic carbocycles. The van der Waals surface area contributed by atoms with E-state index in [-0.39, 0.29) is 6.04 Å². The van der Waals surface area contributed by atoms with Gasteiger partial charge in [-0.25, -0.2) is 0 Å². The van der Waals surface area contributed by atoms with Gasteiger partial charge in [0.05, 0.1) is 11.4 Å². The number of nitrogens with zero attached hydrogens (tertiary/aromatic N) is 6. The number of fused-ring (bicyclic) bond motifs is 5. The van der Waals surface area contributed by atoms with E-state index >= 15 is 0 Å². The van der Waals surface area contributed by atoms with Gasteiger partial charge >= 0.3 is 0 Å². The summed E-state index contributed by atoms with van der Waals surface area (Å²) in [6.07, 6.45) is 7.56. The molecule has 2 aromatic heterocycles. The van der Waals surface area contributed by atoms with Crippen molar-refractivity contribution in [3.8, 4) is 0 Å². The number of hydrogen-bond acceptors (Lipinski definition) is 5. The standard InChI is InChI=1S/C25H30N6O/c1-2-20-13-23(25-27-26-16-30(25)28-20)29-14-18-12-19(15-29)22(11-17-7-4-3-5-8-17)31-21(18)9-6-10-24(31)32/h3-5,7-8,13,16,18-19,21-22H,2,6,9-12,14-15H2,1H3/t18-,19+,21+,22+/m1/s1. The zero-order valence-corrected chi connectivity index (χ0v) is 18.6. The molecule has 5 heterocycles. The molecule has 0 unspecified atom stereocenters. The van der Waals surface area contributed by atoms with Crippen molar-refractivity contribution in [2.45, 2.75) is 57.5 Å². The van der Waals surface area contributed by atoms with Gasteiger partial charge in [0.15, 0.2) is 0 Å². The van der Waals surface area contributed by atoms with Crippen LogP contribution in [0, 0.1) is 11.8 Å². The number of hydrogen-bond donors (Lipinski definition) is 0. The van der Waals surface area contributed by atoms with E-state index in [1.807, 2.05) is 4.52 Å². The van der Waals surface area contributed by atoms with Gasteiger partial charge in [-0.15, -0.1) is 10.2 Å². The van der Waals surface area contributed by atoms with Crippen LogP contribution < -0.4 is 4.90 Å². The molecule has 6 rings (SSSR count). The lowest BCUT2D eigenvalue weighted by atomic mass is 9.70. The fourth-order valence-corrected chi connectivity index (χ4v) is 6.36. The zero-order valence-electron chi connectivity index (χ0n) is 18.6. The van der Waals surface area contributed by atoms with Crippen LogP contribution in [-0.4, -0.2) is 55.8 Å². The molecule has 7 nitrogen and oxygen atoms in total. The molecule has 0 N–H and O–H groups in total. The van der Waals surface area contributed by atoms with E-state index in [0.29, 0.717) is 30.2 Å². The molecule has 7 heteroatoms. The molecule has 3 fully saturated rings. The number of amides is 1. The molecule has 32 heavy (non-hydrogen) atoms. The SMILES string of the molecule is CCc1cc(N2C[C@H]3C[C@@H](C2)[C@H](Cc2ccccc2)N2C(=O)CCC[C@@H]32)c2nncn2n1. The molecule has 1 amide bonds. The second-order valence-electron chi connectivity index (χ2n) is 9.65. The Morgan fingerprint density at radius 1 is 1.12 bits per heavy atom. The molecule has 2 bridgehead atoms. The second-order valence-corrected chi connectivity index (χ2v) is 9.65. The third-order valence-corrected chi connectivity index (χ3v) is 7.79. The third kappa shape index (κ3) is 3.26. The fraction of sp³-hybridized carbons (Fsp3) is 0.520.